The van der Waals surface area contributed by atoms with Gasteiger partial charge in [0.1, 0.15) is 23.7 Å². The van der Waals surface area contributed by atoms with E-state index in [0.29, 0.717) is 42.4 Å². The zero-order valence-corrected chi connectivity index (χ0v) is 31.9. The second-order valence-electron chi connectivity index (χ2n) is 15.8. The predicted molar refractivity (Wildman–Crippen MR) is 205 cm³/mol. The molecule has 0 spiro atoms. The quantitative estimate of drug-likeness (QED) is 0.293. The molecule has 3 fully saturated rings. The number of cyclic esters (lactones) is 1. The highest BCUT2D eigenvalue weighted by Gasteiger charge is 2.62. The average molecular weight is 771 g/mol. The maximum atomic E-state index is 14.6. The largest absolute Gasteiger partial charge is 0.472 e. The summed E-state index contributed by atoms with van der Waals surface area (Å²) in [7, 11) is -3.91. The molecule has 2 aliphatic carbocycles. The summed E-state index contributed by atoms with van der Waals surface area (Å²) in [4.78, 5) is 66.6. The Labute approximate surface area is 320 Å². The predicted octanol–water partition coefficient (Wildman–Crippen LogP) is 4.26. The first-order valence-electron chi connectivity index (χ1n) is 18.6. The normalized spacial score (nSPS) is 26.5. The summed E-state index contributed by atoms with van der Waals surface area (Å²) in [5.41, 5.74) is -0.101. The number of fused-ring (bicyclic) bond motifs is 3. The summed E-state index contributed by atoms with van der Waals surface area (Å²) in [6.07, 6.45) is 6.14. The van der Waals surface area contributed by atoms with Crippen molar-refractivity contribution < 1.29 is 37.1 Å². The molecule has 4 bridgehead atoms. The summed E-state index contributed by atoms with van der Waals surface area (Å²) in [5, 5.41) is 5.53. The molecule has 1 saturated heterocycles. The van der Waals surface area contributed by atoms with Gasteiger partial charge in [0.05, 0.1) is 29.3 Å². The van der Waals surface area contributed by atoms with Gasteiger partial charge in [0.25, 0.3) is 5.91 Å². The molecule has 3 N–H and O–H groups in total. The van der Waals surface area contributed by atoms with Crippen molar-refractivity contribution in [2.75, 3.05) is 13.2 Å². The summed E-state index contributed by atoms with van der Waals surface area (Å²) < 4.78 is 39.8. The van der Waals surface area contributed by atoms with Crippen LogP contribution in [0.2, 0.25) is 0 Å². The molecule has 0 radical (unpaired) electrons. The minimum Gasteiger partial charge on any atom is -0.472 e. The molecule has 4 aliphatic rings. The number of alkyl carbamates (subject to hydrolysis) is 1. The zero-order valence-electron chi connectivity index (χ0n) is 31.1. The monoisotopic (exact) mass is 770 g/mol. The van der Waals surface area contributed by atoms with Gasteiger partial charge in [0.15, 0.2) is 5.82 Å². The summed E-state index contributed by atoms with van der Waals surface area (Å²) in [5.74, 6) is -1.90. The summed E-state index contributed by atoms with van der Waals surface area (Å²) in [6, 6.07) is 12.9. The molecule has 15 heteroatoms. The zero-order chi connectivity index (χ0) is 39.1. The molecule has 1 aromatic heterocycles. The molecule has 290 valence electrons. The van der Waals surface area contributed by atoms with Crippen molar-refractivity contribution in [1.29, 1.82) is 0 Å². The lowest BCUT2D eigenvalue weighted by Gasteiger charge is -2.35. The van der Waals surface area contributed by atoms with Gasteiger partial charge >= 0.3 is 6.09 Å². The number of nitrogens with zero attached hydrogens (tertiary/aromatic N) is 3. The number of sulfonamides is 1. The molecule has 14 nitrogen and oxygen atoms in total. The van der Waals surface area contributed by atoms with Crippen LogP contribution in [0.4, 0.5) is 4.79 Å². The molecule has 2 saturated carbocycles. The highest BCUT2D eigenvalue weighted by atomic mass is 32.2. The SMILES string of the molecule is C=C[C@@H]1CC1(NC(=O)[C@@H]1C[C@@H]2CN1C(=O)[C@H](C(C)(C)C)NC(=O)OCCC/C=C/c1ccc3nc(-c4ccccc4)nc(c3c1)O2)C(=O)NS(=O)(=O)C1CC1. The Morgan fingerprint density at radius 1 is 1.09 bits per heavy atom. The van der Waals surface area contributed by atoms with Crippen molar-refractivity contribution in [1.82, 2.24) is 30.2 Å². The molecule has 3 aromatic rings. The Bertz CT molecular complexity index is 2170. The number of hydrogen-bond acceptors (Lipinski definition) is 10. The number of amides is 4. The van der Waals surface area contributed by atoms with E-state index in [1.807, 2.05) is 60.7 Å². The van der Waals surface area contributed by atoms with Crippen molar-refractivity contribution in [3.63, 3.8) is 0 Å². The molecular formula is C40H46N6O8S. The molecule has 7 rings (SSSR count). The number of benzene rings is 2. The highest BCUT2D eigenvalue weighted by Crippen LogP contribution is 2.45. The van der Waals surface area contributed by atoms with Crippen molar-refractivity contribution in [3.8, 4) is 17.3 Å². The van der Waals surface area contributed by atoms with Gasteiger partial charge in [-0.3, -0.25) is 19.1 Å². The van der Waals surface area contributed by atoms with E-state index in [-0.39, 0.29) is 31.9 Å². The summed E-state index contributed by atoms with van der Waals surface area (Å²) in [6.45, 7) is 9.22. The fraction of sp³-hybridized carbons (Fsp3) is 0.450. The van der Waals surface area contributed by atoms with E-state index in [2.05, 4.69) is 21.9 Å². The van der Waals surface area contributed by atoms with Gasteiger partial charge in [-0.2, -0.15) is 4.98 Å². The Hall–Kier alpha value is -5.31. The lowest BCUT2D eigenvalue weighted by Crippen LogP contribution is -2.60. The van der Waals surface area contributed by atoms with Gasteiger partial charge in [-0.05, 0) is 55.2 Å². The van der Waals surface area contributed by atoms with E-state index in [1.165, 1.54) is 11.0 Å². The van der Waals surface area contributed by atoms with E-state index >= 15 is 0 Å². The van der Waals surface area contributed by atoms with E-state index in [1.54, 1.807) is 20.8 Å². The second-order valence-corrected chi connectivity index (χ2v) is 17.7. The number of allylic oxidation sites excluding steroid dienone is 1. The van der Waals surface area contributed by atoms with Gasteiger partial charge in [-0.15, -0.1) is 6.58 Å². The third-order valence-electron chi connectivity index (χ3n) is 10.5. The van der Waals surface area contributed by atoms with Gasteiger partial charge in [0, 0.05) is 17.9 Å². The van der Waals surface area contributed by atoms with Crippen molar-refractivity contribution in [2.45, 2.75) is 88.3 Å². The van der Waals surface area contributed by atoms with Crippen LogP contribution in [0.3, 0.4) is 0 Å². The molecular weight excluding hydrogens is 725 g/mol. The van der Waals surface area contributed by atoms with E-state index in [4.69, 9.17) is 19.4 Å². The maximum Gasteiger partial charge on any atom is 0.407 e. The van der Waals surface area contributed by atoms with Gasteiger partial charge < -0.3 is 25.0 Å². The average Bonchev–Trinajstić information content (AvgIpc) is 4.08. The fourth-order valence-corrected chi connectivity index (χ4v) is 8.50. The van der Waals surface area contributed by atoms with E-state index < -0.39 is 74.1 Å². The van der Waals surface area contributed by atoms with Crippen LogP contribution in [0.15, 0.2) is 67.3 Å². The Kier molecular flexibility index (Phi) is 10.2. The topological polar surface area (TPSA) is 186 Å². The van der Waals surface area contributed by atoms with Gasteiger partial charge in [0.2, 0.25) is 27.7 Å². The number of rotatable bonds is 7. The standard InChI is InChI=1S/C40H46N6O8S/c1-5-26-22-40(26,37(49)45-55(51,52)28-16-17-28)44-34(47)31-21-27-23-46(31)36(48)32(39(2,3)4)42-38(50)53-19-11-7-8-12-24-15-18-30-29(20-24)35(54-27)43-33(41-30)25-13-9-6-10-14-25/h5-6,8-10,12-15,18,20,26-28,31-32H,1,7,11,16-17,19,21-23H2,2-4H3,(H,42,50)(H,44,47)(H,45,49)/b12-8+/t26-,27-,31+,32-,40?/m1/s1. The first kappa shape index (κ1) is 38.0. The van der Waals surface area contributed by atoms with Crippen LogP contribution in [0.25, 0.3) is 28.4 Å². The Morgan fingerprint density at radius 3 is 2.55 bits per heavy atom. The van der Waals surface area contributed by atoms with Crippen LogP contribution < -0.4 is 20.1 Å². The molecule has 3 heterocycles. The van der Waals surface area contributed by atoms with Crippen LogP contribution in [0.5, 0.6) is 5.88 Å². The maximum absolute atomic E-state index is 14.6. The third-order valence-corrected chi connectivity index (χ3v) is 12.3. The molecule has 2 aromatic carbocycles. The van der Waals surface area contributed by atoms with Crippen LogP contribution in [-0.2, 0) is 29.1 Å². The minimum absolute atomic E-state index is 0.00146. The molecule has 1 unspecified atom stereocenters. The second kappa shape index (κ2) is 14.7. The van der Waals surface area contributed by atoms with Crippen LogP contribution in [0, 0.1) is 11.3 Å². The number of ether oxygens (including phenoxy) is 2. The first-order chi connectivity index (χ1) is 26.2. The van der Waals surface area contributed by atoms with Crippen molar-refractivity contribution in [3.05, 3.63) is 72.8 Å². The molecule has 5 atom stereocenters. The molecule has 4 amide bonds. The van der Waals surface area contributed by atoms with Crippen LogP contribution in [-0.4, -0.2) is 89.2 Å². The van der Waals surface area contributed by atoms with Crippen molar-refractivity contribution in [2.24, 2.45) is 11.3 Å². The number of aromatic nitrogens is 2. The van der Waals surface area contributed by atoms with Crippen molar-refractivity contribution >= 4 is 50.8 Å². The minimum atomic E-state index is -3.91. The van der Waals surface area contributed by atoms with Gasteiger partial charge in [-0.25, -0.2) is 18.2 Å². The number of hydrogen-bond donors (Lipinski definition) is 3. The Morgan fingerprint density at radius 2 is 1.85 bits per heavy atom. The number of carbonyl (C=O) groups is 4. The fourth-order valence-electron chi connectivity index (χ4n) is 7.14. The highest BCUT2D eigenvalue weighted by molar-refractivity contribution is 7.91. The van der Waals surface area contributed by atoms with Crippen LogP contribution >= 0.6 is 0 Å². The summed E-state index contributed by atoms with van der Waals surface area (Å²) >= 11 is 0. The number of carbonyl (C=O) groups excluding carboxylic acids is 4. The Balaban J connectivity index is 1.26. The lowest BCUT2D eigenvalue weighted by atomic mass is 9.85. The van der Waals surface area contributed by atoms with E-state index in [9.17, 15) is 27.6 Å². The lowest BCUT2D eigenvalue weighted by molar-refractivity contribution is -0.142. The third kappa shape index (κ3) is 8.07. The first-order valence-corrected chi connectivity index (χ1v) is 20.2. The number of nitrogens with one attached hydrogen (secondary N) is 3. The molecule has 55 heavy (non-hydrogen) atoms. The van der Waals surface area contributed by atoms with Gasteiger partial charge in [-0.1, -0.05) is 75.4 Å². The smallest absolute Gasteiger partial charge is 0.407 e. The molecule has 2 aliphatic heterocycles. The van der Waals surface area contributed by atoms with E-state index in [0.717, 1.165) is 11.1 Å². The van der Waals surface area contributed by atoms with Crippen LogP contribution in [0.1, 0.15) is 64.9 Å².